The van der Waals surface area contributed by atoms with E-state index in [2.05, 4.69) is 5.10 Å². The molecule has 1 aromatic carbocycles. The third-order valence-corrected chi connectivity index (χ3v) is 3.79. The number of aromatic nitrogens is 2. The molecule has 0 aliphatic carbocycles. The predicted molar refractivity (Wildman–Crippen MR) is 86.3 cm³/mol. The molecule has 0 fully saturated rings. The van der Waals surface area contributed by atoms with E-state index in [0.717, 1.165) is 0 Å². The summed E-state index contributed by atoms with van der Waals surface area (Å²) in [5.41, 5.74) is -0.699. The van der Waals surface area contributed by atoms with Crippen molar-refractivity contribution in [2.75, 3.05) is 19.8 Å². The molecule has 2 aromatic rings. The van der Waals surface area contributed by atoms with E-state index in [4.69, 9.17) is 16.3 Å². The quantitative estimate of drug-likeness (QED) is 0.750. The van der Waals surface area contributed by atoms with Crippen LogP contribution in [0.3, 0.4) is 0 Å². The molecule has 2 rings (SSSR count). The number of carbonyl (C=O) groups is 1. The Bertz CT molecular complexity index is 719. The Morgan fingerprint density at radius 2 is 2.08 bits per heavy atom. The van der Waals surface area contributed by atoms with Crippen LogP contribution in [0.4, 0.5) is 13.2 Å². The predicted octanol–water partition coefficient (Wildman–Crippen LogP) is 3.76. The van der Waals surface area contributed by atoms with Gasteiger partial charge in [-0.05, 0) is 18.6 Å². The number of hydrogen-bond donors (Lipinski definition) is 1. The van der Waals surface area contributed by atoms with Crippen molar-refractivity contribution in [1.29, 1.82) is 0 Å². The number of carbonyl (C=O) groups excluding carboxylic acids is 1. The van der Waals surface area contributed by atoms with E-state index in [1.165, 1.54) is 4.90 Å². The molecule has 25 heavy (non-hydrogen) atoms. The fraction of sp³-hybridized carbons (Fsp3) is 0.375. The van der Waals surface area contributed by atoms with Gasteiger partial charge in [0.15, 0.2) is 5.69 Å². The summed E-state index contributed by atoms with van der Waals surface area (Å²) in [4.78, 5) is 13.9. The largest absolute Gasteiger partial charge is 0.432 e. The lowest BCUT2D eigenvalue weighted by Gasteiger charge is -2.22. The number of halogens is 4. The number of hydrogen-bond acceptors (Lipinski definition) is 3. The topological polar surface area (TPSA) is 58.2 Å². The Hall–Kier alpha value is -2.06. The van der Waals surface area contributed by atoms with Gasteiger partial charge in [-0.2, -0.15) is 18.3 Å². The molecule has 5 nitrogen and oxygen atoms in total. The Morgan fingerprint density at radius 1 is 1.36 bits per heavy atom. The molecule has 1 amide bonds. The van der Waals surface area contributed by atoms with Gasteiger partial charge in [-0.25, -0.2) is 0 Å². The molecule has 0 atom stereocenters. The second-order valence-electron chi connectivity index (χ2n) is 5.18. The molecule has 0 unspecified atom stereocenters. The van der Waals surface area contributed by atoms with Crippen molar-refractivity contribution in [1.82, 2.24) is 15.1 Å². The summed E-state index contributed by atoms with van der Waals surface area (Å²) in [5.74, 6) is -0.633. The van der Waals surface area contributed by atoms with Gasteiger partial charge in [0.05, 0.1) is 6.61 Å². The summed E-state index contributed by atoms with van der Waals surface area (Å²) < 4.78 is 43.3. The Morgan fingerprint density at radius 3 is 2.68 bits per heavy atom. The lowest BCUT2D eigenvalue weighted by molar-refractivity contribution is -0.141. The maximum atomic E-state index is 12.7. The number of amides is 1. The number of benzene rings is 1. The molecule has 136 valence electrons. The van der Waals surface area contributed by atoms with Crippen molar-refractivity contribution in [3.63, 3.8) is 0 Å². The van der Waals surface area contributed by atoms with Gasteiger partial charge in [-0.15, -0.1) is 0 Å². The van der Waals surface area contributed by atoms with Crippen molar-refractivity contribution in [3.8, 4) is 0 Å². The fourth-order valence-electron chi connectivity index (χ4n) is 2.14. The third-order valence-electron chi connectivity index (χ3n) is 3.42. The molecule has 9 heteroatoms. The van der Waals surface area contributed by atoms with E-state index >= 15 is 0 Å². The molecular formula is C16H17ClF3N3O2. The molecule has 0 spiro atoms. The maximum Gasteiger partial charge on any atom is 0.432 e. The summed E-state index contributed by atoms with van der Waals surface area (Å²) >= 11 is 6.10. The molecule has 0 aliphatic rings. The first-order chi connectivity index (χ1) is 11.8. The van der Waals surface area contributed by atoms with Crippen LogP contribution in [0.25, 0.3) is 0 Å². The van der Waals surface area contributed by atoms with Crippen LogP contribution in [0.2, 0.25) is 5.02 Å². The van der Waals surface area contributed by atoms with Crippen molar-refractivity contribution >= 4 is 17.5 Å². The minimum atomic E-state index is -4.59. The van der Waals surface area contributed by atoms with Gasteiger partial charge in [-0.1, -0.05) is 29.8 Å². The number of nitrogens with zero attached hydrogens (tertiary/aromatic N) is 2. The molecule has 0 aliphatic heterocycles. The average Bonchev–Trinajstić information content (AvgIpc) is 3.05. The average molecular weight is 376 g/mol. The lowest BCUT2D eigenvalue weighted by atomic mass is 10.2. The number of H-pyrrole nitrogens is 1. The van der Waals surface area contributed by atoms with Crippen molar-refractivity contribution in [3.05, 3.63) is 52.3 Å². The van der Waals surface area contributed by atoms with Crippen LogP contribution >= 0.6 is 11.6 Å². The Labute approximate surface area is 147 Å². The number of rotatable bonds is 7. The van der Waals surface area contributed by atoms with Crippen LogP contribution in [-0.4, -0.2) is 40.8 Å². The van der Waals surface area contributed by atoms with E-state index in [1.54, 1.807) is 24.3 Å². The second kappa shape index (κ2) is 8.35. The van der Waals surface area contributed by atoms with Gasteiger partial charge in [0.25, 0.3) is 5.91 Å². The molecule has 1 aromatic heterocycles. The highest BCUT2D eigenvalue weighted by molar-refractivity contribution is 6.31. The van der Waals surface area contributed by atoms with E-state index in [1.807, 2.05) is 12.0 Å². The molecule has 0 saturated heterocycles. The molecule has 1 heterocycles. The van der Waals surface area contributed by atoms with E-state index in [0.29, 0.717) is 23.3 Å². The van der Waals surface area contributed by atoms with E-state index in [-0.39, 0.29) is 25.4 Å². The number of nitrogens with one attached hydrogen (secondary N) is 1. The van der Waals surface area contributed by atoms with Gasteiger partial charge >= 0.3 is 6.18 Å². The van der Waals surface area contributed by atoms with Crippen LogP contribution in [0.5, 0.6) is 0 Å². The zero-order valence-electron chi connectivity index (χ0n) is 13.4. The Kier molecular flexibility index (Phi) is 6.44. The molecule has 0 saturated carbocycles. The first-order valence-corrected chi connectivity index (χ1v) is 7.93. The number of alkyl halides is 3. The molecular weight excluding hydrogens is 359 g/mol. The second-order valence-corrected chi connectivity index (χ2v) is 5.59. The van der Waals surface area contributed by atoms with Gasteiger partial charge in [-0.3, -0.25) is 9.89 Å². The minimum Gasteiger partial charge on any atom is -0.380 e. The first kappa shape index (κ1) is 19.3. The van der Waals surface area contributed by atoms with Gasteiger partial charge in [0.1, 0.15) is 5.69 Å². The lowest BCUT2D eigenvalue weighted by Crippen LogP contribution is -2.34. The molecule has 1 N–H and O–H groups in total. The molecule has 0 bridgehead atoms. The van der Waals surface area contributed by atoms with Crippen molar-refractivity contribution < 1.29 is 22.7 Å². The standard InChI is InChI=1S/C16H17ClF3N3O2/c1-2-25-8-7-23(10-11-5-3-4-6-12(11)17)15(24)13-9-14(22-21-13)16(18,19)20/h3-6,9H,2,7-8,10H2,1H3,(H,21,22). The summed E-state index contributed by atoms with van der Waals surface area (Å²) in [5, 5.41) is 5.80. The summed E-state index contributed by atoms with van der Waals surface area (Å²) in [7, 11) is 0. The van der Waals surface area contributed by atoms with E-state index < -0.39 is 17.8 Å². The molecule has 0 radical (unpaired) electrons. The van der Waals surface area contributed by atoms with Crippen molar-refractivity contribution in [2.24, 2.45) is 0 Å². The highest BCUT2D eigenvalue weighted by atomic mass is 35.5. The summed E-state index contributed by atoms with van der Waals surface area (Å²) in [6.07, 6.45) is -4.59. The minimum absolute atomic E-state index is 0.139. The normalized spacial score (nSPS) is 11.6. The number of ether oxygens (including phenoxy) is 1. The van der Waals surface area contributed by atoms with Crippen LogP contribution in [0.1, 0.15) is 28.7 Å². The first-order valence-electron chi connectivity index (χ1n) is 7.56. The highest BCUT2D eigenvalue weighted by Crippen LogP contribution is 2.28. The zero-order chi connectivity index (χ0) is 18.4. The van der Waals surface area contributed by atoms with E-state index in [9.17, 15) is 18.0 Å². The zero-order valence-corrected chi connectivity index (χ0v) is 14.2. The van der Waals surface area contributed by atoms with Crippen molar-refractivity contribution in [2.45, 2.75) is 19.6 Å². The fourth-order valence-corrected chi connectivity index (χ4v) is 2.34. The highest BCUT2D eigenvalue weighted by Gasteiger charge is 2.34. The summed E-state index contributed by atoms with van der Waals surface area (Å²) in [6, 6.07) is 7.64. The smallest absolute Gasteiger partial charge is 0.380 e. The monoisotopic (exact) mass is 375 g/mol. The van der Waals surface area contributed by atoms with Crippen LogP contribution in [-0.2, 0) is 17.5 Å². The number of aromatic amines is 1. The third kappa shape index (κ3) is 5.20. The van der Waals surface area contributed by atoms with Gasteiger partial charge < -0.3 is 9.64 Å². The SMILES string of the molecule is CCOCCN(Cc1ccccc1Cl)C(=O)c1cc(C(F)(F)F)[nH]n1. The van der Waals surface area contributed by atoms with Gasteiger partial charge in [0.2, 0.25) is 0 Å². The Balaban J connectivity index is 2.20. The maximum absolute atomic E-state index is 12.7. The van der Waals surface area contributed by atoms with Gasteiger partial charge in [0, 0.05) is 30.8 Å². The summed E-state index contributed by atoms with van der Waals surface area (Å²) in [6.45, 7) is 2.87. The van der Waals surface area contributed by atoms with Crippen LogP contribution in [0, 0.1) is 0 Å². The van der Waals surface area contributed by atoms with Crippen LogP contribution < -0.4 is 0 Å². The van der Waals surface area contributed by atoms with Crippen LogP contribution in [0.15, 0.2) is 30.3 Å².